The molecule has 0 amide bonds. The SMILES string of the molecule is CCCC[C@@H](CC)COC(=O)[C@@H]1CC=CCC1. The second-order valence-corrected chi connectivity index (χ2v) is 5.03. The van der Waals surface area contributed by atoms with Crippen LogP contribution >= 0.6 is 0 Å². The van der Waals surface area contributed by atoms with E-state index in [2.05, 4.69) is 26.0 Å². The molecule has 2 heteroatoms. The summed E-state index contributed by atoms with van der Waals surface area (Å²) in [5.41, 5.74) is 0. The van der Waals surface area contributed by atoms with Gasteiger partial charge in [0.25, 0.3) is 0 Å². The maximum Gasteiger partial charge on any atom is 0.309 e. The molecule has 0 bridgehead atoms. The molecule has 0 aromatic heterocycles. The van der Waals surface area contributed by atoms with Crippen LogP contribution in [0.15, 0.2) is 12.2 Å². The van der Waals surface area contributed by atoms with Gasteiger partial charge >= 0.3 is 5.97 Å². The third kappa shape index (κ3) is 5.38. The van der Waals surface area contributed by atoms with Gasteiger partial charge in [0, 0.05) is 0 Å². The minimum absolute atomic E-state index is 0.0179. The van der Waals surface area contributed by atoms with Crippen LogP contribution < -0.4 is 0 Å². The first-order valence-electron chi connectivity index (χ1n) is 7.09. The number of carbonyl (C=O) groups is 1. The van der Waals surface area contributed by atoms with Crippen LogP contribution in [-0.4, -0.2) is 12.6 Å². The van der Waals surface area contributed by atoms with Crippen LogP contribution in [0.2, 0.25) is 0 Å². The van der Waals surface area contributed by atoms with Gasteiger partial charge in [0.2, 0.25) is 0 Å². The van der Waals surface area contributed by atoms with E-state index in [9.17, 15) is 4.79 Å². The highest BCUT2D eigenvalue weighted by molar-refractivity contribution is 5.72. The van der Waals surface area contributed by atoms with E-state index in [1.165, 1.54) is 19.3 Å². The van der Waals surface area contributed by atoms with Crippen molar-refractivity contribution in [1.82, 2.24) is 0 Å². The summed E-state index contributed by atoms with van der Waals surface area (Å²) in [6, 6.07) is 0. The molecule has 1 rings (SSSR count). The van der Waals surface area contributed by atoms with Crippen LogP contribution in [0, 0.1) is 11.8 Å². The number of unbranched alkanes of at least 4 members (excludes halogenated alkanes) is 1. The van der Waals surface area contributed by atoms with Gasteiger partial charge in [-0.3, -0.25) is 4.79 Å². The van der Waals surface area contributed by atoms with Gasteiger partial charge in [0.05, 0.1) is 12.5 Å². The van der Waals surface area contributed by atoms with E-state index in [0.29, 0.717) is 12.5 Å². The Morgan fingerprint density at radius 3 is 2.82 bits per heavy atom. The molecule has 0 fully saturated rings. The second-order valence-electron chi connectivity index (χ2n) is 5.03. The maximum absolute atomic E-state index is 11.8. The fourth-order valence-corrected chi connectivity index (χ4v) is 2.22. The average molecular weight is 238 g/mol. The van der Waals surface area contributed by atoms with Gasteiger partial charge in [-0.1, -0.05) is 45.3 Å². The fraction of sp³-hybridized carbons (Fsp3) is 0.800. The zero-order valence-corrected chi connectivity index (χ0v) is 11.3. The minimum atomic E-state index is 0.0179. The molecule has 1 aliphatic carbocycles. The van der Waals surface area contributed by atoms with Crippen LogP contribution in [0.25, 0.3) is 0 Å². The Bertz CT molecular complexity index is 245. The lowest BCUT2D eigenvalue weighted by molar-refractivity contribution is -0.150. The molecule has 1 aliphatic rings. The highest BCUT2D eigenvalue weighted by Gasteiger charge is 2.21. The highest BCUT2D eigenvalue weighted by atomic mass is 16.5. The van der Waals surface area contributed by atoms with Crippen molar-refractivity contribution in [3.8, 4) is 0 Å². The molecule has 0 aromatic carbocycles. The molecule has 0 radical (unpaired) electrons. The smallest absolute Gasteiger partial charge is 0.309 e. The third-order valence-corrected chi connectivity index (χ3v) is 3.61. The third-order valence-electron chi connectivity index (χ3n) is 3.61. The van der Waals surface area contributed by atoms with E-state index >= 15 is 0 Å². The Morgan fingerprint density at radius 2 is 2.24 bits per heavy atom. The molecule has 0 aliphatic heterocycles. The van der Waals surface area contributed by atoms with Crippen molar-refractivity contribution in [3.05, 3.63) is 12.2 Å². The van der Waals surface area contributed by atoms with Crippen LogP contribution in [0.3, 0.4) is 0 Å². The summed E-state index contributed by atoms with van der Waals surface area (Å²) in [6.07, 6.45) is 11.9. The van der Waals surface area contributed by atoms with E-state index in [1.54, 1.807) is 0 Å². The summed E-state index contributed by atoms with van der Waals surface area (Å²) in [7, 11) is 0. The molecule has 98 valence electrons. The van der Waals surface area contributed by atoms with E-state index < -0.39 is 0 Å². The van der Waals surface area contributed by atoms with Crippen molar-refractivity contribution in [1.29, 1.82) is 0 Å². The molecular weight excluding hydrogens is 212 g/mol. The minimum Gasteiger partial charge on any atom is -0.465 e. The molecule has 17 heavy (non-hydrogen) atoms. The van der Waals surface area contributed by atoms with Gasteiger partial charge in [-0.25, -0.2) is 0 Å². The first kappa shape index (κ1) is 14.3. The standard InChI is InChI=1S/C15H26O2/c1-3-5-9-13(4-2)12-17-15(16)14-10-7-6-8-11-14/h6-7,13-14H,3-5,8-12H2,1-2H3/t13-,14-/m1/s1. The molecule has 0 saturated heterocycles. The van der Waals surface area contributed by atoms with E-state index in [-0.39, 0.29) is 11.9 Å². The van der Waals surface area contributed by atoms with Crippen molar-refractivity contribution in [2.75, 3.05) is 6.61 Å². The molecule has 0 aromatic rings. The van der Waals surface area contributed by atoms with Gasteiger partial charge in [-0.05, 0) is 31.6 Å². The molecule has 0 unspecified atom stereocenters. The van der Waals surface area contributed by atoms with Crippen molar-refractivity contribution >= 4 is 5.97 Å². The Labute approximate surface area is 105 Å². The lowest BCUT2D eigenvalue weighted by atomic mass is 9.94. The van der Waals surface area contributed by atoms with E-state index in [4.69, 9.17) is 4.74 Å². The summed E-state index contributed by atoms with van der Waals surface area (Å²) in [4.78, 5) is 11.8. The van der Waals surface area contributed by atoms with E-state index in [0.717, 1.165) is 25.7 Å². The van der Waals surface area contributed by atoms with Gasteiger partial charge in [0.1, 0.15) is 0 Å². The number of hydrogen-bond acceptors (Lipinski definition) is 2. The predicted octanol–water partition coefficient (Wildman–Crippen LogP) is 4.10. The number of hydrogen-bond donors (Lipinski definition) is 0. The quantitative estimate of drug-likeness (QED) is 0.493. The summed E-state index contributed by atoms with van der Waals surface area (Å²) in [5, 5.41) is 0. The maximum atomic E-state index is 11.8. The van der Waals surface area contributed by atoms with Gasteiger partial charge in [0.15, 0.2) is 0 Å². The molecule has 0 N–H and O–H groups in total. The first-order chi connectivity index (χ1) is 8.27. The molecule has 0 heterocycles. The number of rotatable bonds is 7. The molecule has 2 atom stereocenters. The molecular formula is C15H26O2. The Kier molecular flexibility index (Phi) is 6.99. The monoisotopic (exact) mass is 238 g/mol. The van der Waals surface area contributed by atoms with Crippen LogP contribution in [0.1, 0.15) is 58.8 Å². The van der Waals surface area contributed by atoms with E-state index in [1.807, 2.05) is 0 Å². The van der Waals surface area contributed by atoms with Crippen molar-refractivity contribution in [2.45, 2.75) is 58.8 Å². The first-order valence-corrected chi connectivity index (χ1v) is 7.09. The molecule has 2 nitrogen and oxygen atoms in total. The number of esters is 1. The normalized spacial score (nSPS) is 21.2. The number of allylic oxidation sites excluding steroid dienone is 2. The lowest BCUT2D eigenvalue weighted by Gasteiger charge is -2.19. The van der Waals surface area contributed by atoms with Crippen molar-refractivity contribution < 1.29 is 9.53 Å². The Morgan fingerprint density at radius 1 is 1.41 bits per heavy atom. The largest absolute Gasteiger partial charge is 0.465 e. The van der Waals surface area contributed by atoms with Gasteiger partial charge in [-0.15, -0.1) is 0 Å². The Hall–Kier alpha value is -0.790. The Balaban J connectivity index is 2.23. The highest BCUT2D eigenvalue weighted by Crippen LogP contribution is 2.20. The molecule has 0 spiro atoms. The summed E-state index contributed by atoms with van der Waals surface area (Å²) in [6.45, 7) is 5.00. The van der Waals surface area contributed by atoms with Gasteiger partial charge < -0.3 is 4.74 Å². The number of carbonyl (C=O) groups excluding carboxylic acids is 1. The van der Waals surface area contributed by atoms with Crippen molar-refractivity contribution in [2.24, 2.45) is 11.8 Å². The predicted molar refractivity (Wildman–Crippen MR) is 70.7 cm³/mol. The zero-order valence-electron chi connectivity index (χ0n) is 11.3. The second kappa shape index (κ2) is 8.32. The summed E-state index contributed by atoms with van der Waals surface area (Å²) in [5.74, 6) is 0.686. The topological polar surface area (TPSA) is 26.3 Å². The van der Waals surface area contributed by atoms with Crippen molar-refractivity contribution in [3.63, 3.8) is 0 Å². The lowest BCUT2D eigenvalue weighted by Crippen LogP contribution is -2.22. The van der Waals surface area contributed by atoms with Crippen LogP contribution in [0.5, 0.6) is 0 Å². The number of ether oxygens (including phenoxy) is 1. The van der Waals surface area contributed by atoms with Crippen LogP contribution in [-0.2, 0) is 9.53 Å². The van der Waals surface area contributed by atoms with Crippen LogP contribution in [0.4, 0.5) is 0 Å². The molecule has 0 saturated carbocycles. The summed E-state index contributed by atoms with van der Waals surface area (Å²) < 4.78 is 5.46. The zero-order chi connectivity index (χ0) is 12.5. The fourth-order valence-electron chi connectivity index (χ4n) is 2.22. The average Bonchev–Trinajstić information content (AvgIpc) is 2.39. The van der Waals surface area contributed by atoms with Gasteiger partial charge in [-0.2, -0.15) is 0 Å². The summed E-state index contributed by atoms with van der Waals surface area (Å²) >= 11 is 0.